The lowest BCUT2D eigenvalue weighted by Gasteiger charge is -2.07. The van der Waals surface area contributed by atoms with Crippen LogP contribution in [0.15, 0.2) is 83.1 Å². The molecule has 0 spiro atoms. The summed E-state index contributed by atoms with van der Waals surface area (Å²) >= 11 is 0. The molecule has 0 aromatic heterocycles. The number of rotatable bonds is 12. The van der Waals surface area contributed by atoms with Crippen LogP contribution in [-0.4, -0.2) is 25.7 Å². The third-order valence-electron chi connectivity index (χ3n) is 4.29. The van der Waals surface area contributed by atoms with Gasteiger partial charge >= 0.3 is 13.2 Å². The van der Waals surface area contributed by atoms with Crippen molar-refractivity contribution >= 4 is 12.4 Å². The number of hydrogen-bond donors (Lipinski definition) is 0. The first kappa shape index (κ1) is 24.6. The van der Waals surface area contributed by atoms with E-state index in [0.717, 1.165) is 11.1 Å². The van der Waals surface area contributed by atoms with Gasteiger partial charge in [-0.25, -0.2) is 0 Å². The molecule has 0 fully saturated rings. The Morgan fingerprint density at radius 1 is 0.588 bits per heavy atom. The minimum atomic E-state index is -2.93. The lowest BCUT2D eigenvalue weighted by atomic mass is 10.1. The lowest BCUT2D eigenvalue weighted by molar-refractivity contribution is -0.0506. The molecule has 34 heavy (non-hydrogen) atoms. The van der Waals surface area contributed by atoms with E-state index in [0.29, 0.717) is 11.1 Å². The molecule has 0 saturated carbocycles. The zero-order chi connectivity index (χ0) is 24.2. The Hall–Kier alpha value is -4.08. The topological polar surface area (TPSA) is 61.6 Å². The molecule has 178 valence electrons. The minimum Gasteiger partial charge on any atom is -0.434 e. The number of nitrogens with zero attached hydrogens (tertiary/aromatic N) is 2. The second-order valence-corrected chi connectivity index (χ2v) is 6.67. The summed E-state index contributed by atoms with van der Waals surface area (Å²) in [6, 6.07) is 19.7. The van der Waals surface area contributed by atoms with Gasteiger partial charge in [0, 0.05) is 11.1 Å². The molecule has 10 heteroatoms. The van der Waals surface area contributed by atoms with Gasteiger partial charge in [0.15, 0.2) is 0 Å². The highest BCUT2D eigenvalue weighted by Crippen LogP contribution is 2.19. The van der Waals surface area contributed by atoms with E-state index in [1.165, 1.54) is 24.6 Å². The average Bonchev–Trinajstić information content (AvgIpc) is 2.82. The van der Waals surface area contributed by atoms with E-state index in [2.05, 4.69) is 19.8 Å². The first-order valence-corrected chi connectivity index (χ1v) is 9.97. The summed E-state index contributed by atoms with van der Waals surface area (Å²) in [5.74, 6) is 0.00351. The van der Waals surface area contributed by atoms with Gasteiger partial charge in [-0.05, 0) is 35.4 Å². The number of oxime groups is 2. The molecular formula is C24H20F4N2O4. The number of benzene rings is 3. The molecule has 3 rings (SSSR count). The zero-order valence-electron chi connectivity index (χ0n) is 17.7. The summed E-state index contributed by atoms with van der Waals surface area (Å²) in [7, 11) is 0. The number of halogens is 4. The van der Waals surface area contributed by atoms with E-state index in [1.54, 1.807) is 60.7 Å². The fourth-order valence-corrected chi connectivity index (χ4v) is 2.72. The van der Waals surface area contributed by atoms with Crippen LogP contribution in [0.4, 0.5) is 17.6 Å². The molecule has 0 amide bonds. The van der Waals surface area contributed by atoms with Gasteiger partial charge in [-0.15, -0.1) is 0 Å². The van der Waals surface area contributed by atoms with Crippen molar-refractivity contribution in [1.82, 2.24) is 0 Å². The molecule has 0 aliphatic heterocycles. The minimum absolute atomic E-state index is 0.00176. The van der Waals surface area contributed by atoms with Crippen LogP contribution in [-0.2, 0) is 22.9 Å². The standard InChI is InChI=1S/C24H20F4N2O4/c25-23(26)33-21-7-3-1-5-19(21)13-29-31-15-17-9-11-18(12-10-17)16-32-30-14-20-6-2-4-8-22(20)34-24(27)28/h1-14,23-24H,15-16H2/b29-13+,30-14+. The van der Waals surface area contributed by atoms with Gasteiger partial charge in [-0.3, -0.25) is 0 Å². The molecule has 0 aliphatic rings. The predicted molar refractivity (Wildman–Crippen MR) is 117 cm³/mol. The van der Waals surface area contributed by atoms with E-state index < -0.39 is 13.2 Å². The molecular weight excluding hydrogens is 456 g/mol. The Balaban J connectivity index is 1.45. The van der Waals surface area contributed by atoms with E-state index in [4.69, 9.17) is 9.68 Å². The number of ether oxygens (including phenoxy) is 2. The van der Waals surface area contributed by atoms with Crippen LogP contribution >= 0.6 is 0 Å². The maximum atomic E-state index is 12.4. The summed E-state index contributed by atoms with van der Waals surface area (Å²) < 4.78 is 58.6. The number of para-hydroxylation sites is 2. The van der Waals surface area contributed by atoms with Crippen molar-refractivity contribution in [1.29, 1.82) is 0 Å². The fraction of sp³-hybridized carbons (Fsp3) is 0.167. The predicted octanol–water partition coefficient (Wildman–Crippen LogP) is 5.99. The van der Waals surface area contributed by atoms with Crippen molar-refractivity contribution in [3.05, 3.63) is 95.1 Å². The van der Waals surface area contributed by atoms with Gasteiger partial charge in [0.05, 0.1) is 12.4 Å². The Kier molecular flexibility index (Phi) is 9.27. The van der Waals surface area contributed by atoms with Crippen molar-refractivity contribution in [3.63, 3.8) is 0 Å². The molecule has 0 heterocycles. The zero-order valence-corrected chi connectivity index (χ0v) is 17.7. The van der Waals surface area contributed by atoms with Crippen molar-refractivity contribution in [2.75, 3.05) is 0 Å². The molecule has 0 aliphatic carbocycles. The molecule has 3 aromatic rings. The van der Waals surface area contributed by atoms with Gasteiger partial charge in [-0.1, -0.05) is 58.8 Å². The Bertz CT molecular complexity index is 1010. The normalized spacial score (nSPS) is 11.5. The van der Waals surface area contributed by atoms with Crippen LogP contribution in [0.5, 0.6) is 11.5 Å². The summed E-state index contributed by atoms with van der Waals surface area (Å²) in [5.41, 5.74) is 2.36. The molecule has 0 bridgehead atoms. The second kappa shape index (κ2) is 12.8. The van der Waals surface area contributed by atoms with Crippen LogP contribution in [0.1, 0.15) is 22.3 Å². The van der Waals surface area contributed by atoms with Crippen LogP contribution < -0.4 is 9.47 Å². The molecule has 0 unspecified atom stereocenters. The highest BCUT2D eigenvalue weighted by Gasteiger charge is 2.08. The van der Waals surface area contributed by atoms with E-state index >= 15 is 0 Å². The highest BCUT2D eigenvalue weighted by atomic mass is 19.3. The van der Waals surface area contributed by atoms with Crippen molar-refractivity contribution < 1.29 is 36.7 Å². The molecule has 0 atom stereocenters. The smallest absolute Gasteiger partial charge is 0.387 e. The van der Waals surface area contributed by atoms with Crippen molar-refractivity contribution in [2.24, 2.45) is 10.3 Å². The van der Waals surface area contributed by atoms with Gasteiger partial charge in [-0.2, -0.15) is 17.6 Å². The number of alkyl halides is 4. The maximum Gasteiger partial charge on any atom is 0.387 e. The molecule has 0 radical (unpaired) electrons. The molecule has 3 aromatic carbocycles. The van der Waals surface area contributed by atoms with Crippen LogP contribution in [0.25, 0.3) is 0 Å². The fourth-order valence-electron chi connectivity index (χ4n) is 2.72. The monoisotopic (exact) mass is 476 g/mol. The summed E-state index contributed by atoms with van der Waals surface area (Å²) in [6.07, 6.45) is 2.59. The molecule has 6 nitrogen and oxygen atoms in total. The number of hydrogen-bond acceptors (Lipinski definition) is 6. The third kappa shape index (κ3) is 8.12. The van der Waals surface area contributed by atoms with Crippen LogP contribution in [0.3, 0.4) is 0 Å². The van der Waals surface area contributed by atoms with Gasteiger partial charge < -0.3 is 19.1 Å². The third-order valence-corrected chi connectivity index (χ3v) is 4.29. The van der Waals surface area contributed by atoms with Gasteiger partial charge in [0.2, 0.25) is 0 Å². The van der Waals surface area contributed by atoms with E-state index in [1.807, 2.05) is 0 Å². The quantitative estimate of drug-likeness (QED) is 0.183. The lowest BCUT2D eigenvalue weighted by Crippen LogP contribution is -2.04. The van der Waals surface area contributed by atoms with Crippen molar-refractivity contribution in [3.8, 4) is 11.5 Å². The summed E-state index contributed by atoms with van der Waals surface area (Å²) in [5, 5.41) is 7.58. The first-order valence-electron chi connectivity index (χ1n) is 9.97. The molecule has 0 N–H and O–H groups in total. The van der Waals surface area contributed by atoms with Gasteiger partial charge in [0.1, 0.15) is 24.7 Å². The van der Waals surface area contributed by atoms with Gasteiger partial charge in [0.25, 0.3) is 0 Å². The largest absolute Gasteiger partial charge is 0.434 e. The first-order chi connectivity index (χ1) is 16.5. The summed E-state index contributed by atoms with van der Waals surface area (Å²) in [4.78, 5) is 10.4. The summed E-state index contributed by atoms with van der Waals surface area (Å²) in [6.45, 7) is -5.54. The second-order valence-electron chi connectivity index (χ2n) is 6.67. The van der Waals surface area contributed by atoms with Crippen molar-refractivity contribution in [2.45, 2.75) is 26.4 Å². The highest BCUT2D eigenvalue weighted by molar-refractivity contribution is 5.83. The SMILES string of the molecule is FC(F)Oc1ccccc1/C=N/OCc1ccc(CO/N=C/c2ccccc2OC(F)F)cc1. The Morgan fingerprint density at radius 3 is 1.35 bits per heavy atom. The Labute approximate surface area is 193 Å². The van der Waals surface area contributed by atoms with Crippen LogP contribution in [0, 0.1) is 0 Å². The van der Waals surface area contributed by atoms with Crippen LogP contribution in [0.2, 0.25) is 0 Å². The maximum absolute atomic E-state index is 12.4. The van der Waals surface area contributed by atoms with E-state index in [9.17, 15) is 17.6 Å². The Morgan fingerprint density at radius 2 is 0.971 bits per heavy atom. The van der Waals surface area contributed by atoms with E-state index in [-0.39, 0.29) is 24.7 Å². The average molecular weight is 476 g/mol. The molecule has 0 saturated heterocycles.